The average Bonchev–Trinajstić information content (AvgIpc) is 2.41. The monoisotopic (exact) mass is 366 g/mol. The van der Waals surface area contributed by atoms with Crippen molar-refractivity contribution < 1.29 is 9.53 Å². The van der Waals surface area contributed by atoms with Gasteiger partial charge < -0.3 is 4.74 Å². The van der Waals surface area contributed by atoms with Gasteiger partial charge in [-0.25, -0.2) is 0 Å². The van der Waals surface area contributed by atoms with Crippen molar-refractivity contribution in [2.24, 2.45) is 0 Å². The molecule has 0 radical (unpaired) electrons. The summed E-state index contributed by atoms with van der Waals surface area (Å²) in [4.78, 5) is 11.9. The molecule has 0 atom stereocenters. The highest BCUT2D eigenvalue weighted by molar-refractivity contribution is 14.1. The number of carbonyl (C=O) groups is 1. The van der Waals surface area contributed by atoms with Gasteiger partial charge in [0, 0.05) is 5.57 Å². The van der Waals surface area contributed by atoms with E-state index in [0.29, 0.717) is 0 Å². The van der Waals surface area contributed by atoms with Crippen molar-refractivity contribution in [3.8, 4) is 5.75 Å². The first-order chi connectivity index (χ1) is 9.11. The van der Waals surface area contributed by atoms with Crippen LogP contribution in [0.25, 0.3) is 6.08 Å². The minimum absolute atomic E-state index is 0.106. The molecule has 2 nitrogen and oxygen atoms in total. The molecule has 1 aliphatic carbocycles. The van der Waals surface area contributed by atoms with E-state index >= 15 is 0 Å². The molecule has 1 aliphatic rings. The maximum Gasteiger partial charge on any atom is 0.202 e. The first kappa shape index (κ1) is 14.1. The Morgan fingerprint density at radius 3 is 2.89 bits per heavy atom. The maximum absolute atomic E-state index is 11.9. The van der Waals surface area contributed by atoms with Crippen molar-refractivity contribution in [3.05, 3.63) is 50.3 Å². The summed E-state index contributed by atoms with van der Waals surface area (Å²) in [6.07, 6.45) is 5.56. The van der Waals surface area contributed by atoms with Crippen LogP contribution >= 0.6 is 22.6 Å². The molecule has 1 aromatic rings. The van der Waals surface area contributed by atoms with Crippen molar-refractivity contribution in [1.29, 1.82) is 0 Å². The molecule has 3 heteroatoms. The molecule has 0 heterocycles. The quantitative estimate of drug-likeness (QED) is 0.445. The molecule has 1 aromatic carbocycles. The Kier molecular flexibility index (Phi) is 4.61. The zero-order valence-corrected chi connectivity index (χ0v) is 13.2. The topological polar surface area (TPSA) is 26.3 Å². The van der Waals surface area contributed by atoms with E-state index < -0.39 is 0 Å². The van der Waals surface area contributed by atoms with Gasteiger partial charge in [0.15, 0.2) is 0 Å². The van der Waals surface area contributed by atoms with Gasteiger partial charge in [0.1, 0.15) is 5.75 Å². The van der Waals surface area contributed by atoms with E-state index in [-0.39, 0.29) is 5.78 Å². The number of rotatable bonds is 2. The number of allylic oxidation sites excluding steroid dienone is 3. The lowest BCUT2D eigenvalue weighted by atomic mass is 10.00. The molecule has 0 N–H and O–H groups in total. The van der Waals surface area contributed by atoms with Gasteiger partial charge >= 0.3 is 0 Å². The summed E-state index contributed by atoms with van der Waals surface area (Å²) in [5, 5.41) is 0. The number of ketones is 1. The third kappa shape index (κ3) is 3.37. The Balaban J connectivity index is 2.32. The second kappa shape index (κ2) is 6.22. The van der Waals surface area contributed by atoms with Crippen LogP contribution in [0.1, 0.15) is 24.0 Å². The van der Waals surface area contributed by atoms with E-state index in [9.17, 15) is 4.79 Å². The predicted molar refractivity (Wildman–Crippen MR) is 85.6 cm³/mol. The molecule has 0 bridgehead atoms. The number of aryl methyl sites for hydroxylation is 1. The van der Waals surface area contributed by atoms with Crippen molar-refractivity contribution in [1.82, 2.24) is 0 Å². The van der Waals surface area contributed by atoms with E-state index in [2.05, 4.69) is 28.3 Å². The molecular formula is C16H15IO2. The predicted octanol–water partition coefficient (Wildman–Crippen LogP) is 4.22. The van der Waals surface area contributed by atoms with Gasteiger partial charge in [-0.1, -0.05) is 12.1 Å². The first-order valence-corrected chi connectivity index (χ1v) is 7.20. The van der Waals surface area contributed by atoms with Gasteiger partial charge in [-0.2, -0.15) is 0 Å². The molecule has 19 heavy (non-hydrogen) atoms. The number of methoxy groups -OCH3 is 1. The van der Waals surface area contributed by atoms with Gasteiger partial charge in [0.25, 0.3) is 0 Å². The molecule has 0 aromatic heterocycles. The van der Waals surface area contributed by atoms with Crippen LogP contribution in [0.2, 0.25) is 0 Å². The van der Waals surface area contributed by atoms with Gasteiger partial charge in [-0.05, 0) is 71.7 Å². The molecule has 0 saturated carbocycles. The molecule has 0 amide bonds. The highest BCUT2D eigenvalue weighted by Gasteiger charge is 2.16. The van der Waals surface area contributed by atoms with E-state index in [4.69, 9.17) is 4.74 Å². The van der Waals surface area contributed by atoms with Gasteiger partial charge in [-0.3, -0.25) is 4.79 Å². The standard InChI is InChI=1S/C16H15IO2/c1-11-10-14(19-2)9-8-12(11)6-7-13-4-3-5-15(17)16(13)18/h5-6,8-10H,3-4H2,1-2H3. The summed E-state index contributed by atoms with van der Waals surface area (Å²) in [5.41, 5.74) is 6.09. The Labute approximate surface area is 127 Å². The highest BCUT2D eigenvalue weighted by Crippen LogP contribution is 2.24. The normalized spacial score (nSPS) is 14.8. The number of hydrogen-bond donors (Lipinski definition) is 0. The van der Waals surface area contributed by atoms with E-state index in [1.807, 2.05) is 37.3 Å². The zero-order chi connectivity index (χ0) is 13.8. The molecule has 0 spiro atoms. The second-order valence-corrected chi connectivity index (χ2v) is 5.57. The Hall–Kier alpha value is -1.32. The lowest BCUT2D eigenvalue weighted by molar-refractivity contribution is -0.111. The molecule has 2 rings (SSSR count). The largest absolute Gasteiger partial charge is 0.497 e. The summed E-state index contributed by atoms with van der Waals surface area (Å²) >= 11 is 2.09. The summed E-state index contributed by atoms with van der Waals surface area (Å²) in [6.45, 7) is 2.02. The van der Waals surface area contributed by atoms with Gasteiger partial charge in [-0.15, -0.1) is 5.73 Å². The fourth-order valence-electron chi connectivity index (χ4n) is 1.93. The van der Waals surface area contributed by atoms with Crippen LogP contribution in [-0.2, 0) is 4.79 Å². The van der Waals surface area contributed by atoms with Crippen molar-refractivity contribution >= 4 is 34.5 Å². The Morgan fingerprint density at radius 2 is 2.21 bits per heavy atom. The van der Waals surface area contributed by atoms with E-state index in [0.717, 1.165) is 38.9 Å². The number of carbonyl (C=O) groups excluding carboxylic acids is 1. The summed E-state index contributed by atoms with van der Waals surface area (Å²) in [5.74, 6) is 0.947. The van der Waals surface area contributed by atoms with Crippen LogP contribution in [0.15, 0.2) is 39.2 Å². The van der Waals surface area contributed by atoms with Crippen molar-refractivity contribution in [2.45, 2.75) is 19.8 Å². The minimum Gasteiger partial charge on any atom is -0.497 e. The minimum atomic E-state index is 0.106. The summed E-state index contributed by atoms with van der Waals surface area (Å²) in [7, 11) is 1.65. The van der Waals surface area contributed by atoms with E-state index in [1.165, 1.54) is 0 Å². The number of Topliss-reactive ketones (excluding diaryl/α,β-unsaturated/α-hetero) is 1. The van der Waals surface area contributed by atoms with Crippen LogP contribution in [0.5, 0.6) is 5.75 Å². The molecule has 98 valence electrons. The second-order valence-electron chi connectivity index (χ2n) is 4.41. The fraction of sp³-hybridized carbons (Fsp3) is 0.250. The summed E-state index contributed by atoms with van der Waals surface area (Å²) in [6, 6.07) is 5.87. The molecular weight excluding hydrogens is 351 g/mol. The first-order valence-electron chi connectivity index (χ1n) is 6.12. The van der Waals surface area contributed by atoms with Crippen molar-refractivity contribution in [2.75, 3.05) is 7.11 Å². The molecule has 0 unspecified atom stereocenters. The third-order valence-corrected chi connectivity index (χ3v) is 4.02. The maximum atomic E-state index is 11.9. The van der Waals surface area contributed by atoms with Gasteiger partial charge in [0.05, 0.1) is 10.7 Å². The van der Waals surface area contributed by atoms with Gasteiger partial charge in [0.2, 0.25) is 5.78 Å². The lowest BCUT2D eigenvalue weighted by Crippen LogP contribution is -2.05. The third-order valence-electron chi connectivity index (χ3n) is 3.09. The Morgan fingerprint density at radius 1 is 1.42 bits per heavy atom. The Bertz CT molecular complexity index is 605. The number of ether oxygens (including phenoxy) is 1. The number of benzene rings is 1. The number of hydrogen-bond acceptors (Lipinski definition) is 2. The van der Waals surface area contributed by atoms with Crippen LogP contribution < -0.4 is 4.74 Å². The summed E-state index contributed by atoms with van der Waals surface area (Å²) < 4.78 is 5.97. The fourth-order valence-corrected chi connectivity index (χ4v) is 2.57. The van der Waals surface area contributed by atoms with Crippen LogP contribution in [0, 0.1) is 6.92 Å². The van der Waals surface area contributed by atoms with Crippen LogP contribution in [-0.4, -0.2) is 12.9 Å². The smallest absolute Gasteiger partial charge is 0.202 e. The van der Waals surface area contributed by atoms with Crippen LogP contribution in [0.4, 0.5) is 0 Å². The average molecular weight is 366 g/mol. The number of halogens is 1. The van der Waals surface area contributed by atoms with E-state index in [1.54, 1.807) is 7.11 Å². The lowest BCUT2D eigenvalue weighted by Gasteiger charge is -2.08. The van der Waals surface area contributed by atoms with Crippen LogP contribution in [0.3, 0.4) is 0 Å². The SMILES string of the molecule is COc1ccc(C=C=C2CCC=C(I)C2=O)c(C)c1. The molecule has 0 saturated heterocycles. The molecule has 0 aliphatic heterocycles. The molecule has 0 fully saturated rings. The van der Waals surface area contributed by atoms with Crippen molar-refractivity contribution in [3.63, 3.8) is 0 Å². The highest BCUT2D eigenvalue weighted by atomic mass is 127. The zero-order valence-electron chi connectivity index (χ0n) is 11.0.